The molecule has 2 nitrogen and oxygen atoms in total. The molecule has 1 aromatic rings. The molecule has 0 aromatic heterocycles. The van der Waals surface area contributed by atoms with Gasteiger partial charge < -0.3 is 10.5 Å². The van der Waals surface area contributed by atoms with Crippen LogP contribution in [0.5, 0.6) is 5.75 Å². The molecule has 1 aliphatic carbocycles. The molecule has 1 atom stereocenters. The Hall–Kier alpha value is -1.02. The zero-order chi connectivity index (χ0) is 12.6. The second kappa shape index (κ2) is 4.58. The molecule has 1 heterocycles. The minimum absolute atomic E-state index is 0.102. The van der Waals surface area contributed by atoms with Gasteiger partial charge in [0.25, 0.3) is 0 Å². The van der Waals surface area contributed by atoms with Crippen molar-refractivity contribution in [2.75, 3.05) is 6.54 Å². The molecule has 98 valence electrons. The van der Waals surface area contributed by atoms with Crippen LogP contribution in [0.25, 0.3) is 0 Å². The fourth-order valence-electron chi connectivity index (χ4n) is 3.60. The van der Waals surface area contributed by atoms with Gasteiger partial charge in [0.2, 0.25) is 0 Å². The number of aryl methyl sites for hydroxylation is 1. The second-order valence-electron chi connectivity index (χ2n) is 5.85. The first-order chi connectivity index (χ1) is 8.76. The summed E-state index contributed by atoms with van der Waals surface area (Å²) in [5, 5.41) is 0. The van der Waals surface area contributed by atoms with Gasteiger partial charge in [0, 0.05) is 5.92 Å². The van der Waals surface area contributed by atoms with Crippen LogP contribution in [0, 0.1) is 0 Å². The summed E-state index contributed by atoms with van der Waals surface area (Å²) in [6.07, 6.45) is 7.22. The van der Waals surface area contributed by atoms with E-state index in [-0.39, 0.29) is 5.60 Å². The molecule has 3 rings (SSSR count). The molecule has 1 spiro atoms. The van der Waals surface area contributed by atoms with E-state index >= 15 is 0 Å². The molecular formula is C16H23NO. The maximum Gasteiger partial charge on any atom is 0.123 e. The maximum absolute atomic E-state index is 6.36. The van der Waals surface area contributed by atoms with Gasteiger partial charge in [-0.05, 0) is 62.3 Å². The molecule has 1 aromatic carbocycles. The summed E-state index contributed by atoms with van der Waals surface area (Å²) in [6, 6.07) is 6.66. The third-order valence-corrected chi connectivity index (χ3v) is 4.67. The number of fused-ring (bicyclic) bond motifs is 1. The van der Waals surface area contributed by atoms with Gasteiger partial charge in [-0.3, -0.25) is 0 Å². The third kappa shape index (κ3) is 1.93. The van der Waals surface area contributed by atoms with Gasteiger partial charge in [-0.15, -0.1) is 0 Å². The maximum atomic E-state index is 6.36. The summed E-state index contributed by atoms with van der Waals surface area (Å²) in [6.45, 7) is 2.94. The Balaban J connectivity index is 1.98. The molecule has 1 fully saturated rings. The molecule has 2 heteroatoms. The number of hydrogen-bond acceptors (Lipinski definition) is 2. The predicted octanol–water partition coefficient (Wildman–Crippen LogP) is 3.39. The average molecular weight is 245 g/mol. The zero-order valence-corrected chi connectivity index (χ0v) is 11.2. The van der Waals surface area contributed by atoms with Gasteiger partial charge in [-0.1, -0.05) is 19.1 Å². The highest BCUT2D eigenvalue weighted by atomic mass is 16.5. The van der Waals surface area contributed by atoms with Crippen LogP contribution in [-0.2, 0) is 6.42 Å². The Labute approximate surface area is 110 Å². The van der Waals surface area contributed by atoms with E-state index in [2.05, 4.69) is 25.1 Å². The fraction of sp³-hybridized carbons (Fsp3) is 0.625. The van der Waals surface area contributed by atoms with E-state index in [9.17, 15) is 0 Å². The summed E-state index contributed by atoms with van der Waals surface area (Å²) in [5.41, 5.74) is 8.84. The van der Waals surface area contributed by atoms with Crippen molar-refractivity contribution in [3.63, 3.8) is 0 Å². The highest BCUT2D eigenvalue weighted by Crippen LogP contribution is 2.47. The van der Waals surface area contributed by atoms with E-state index < -0.39 is 0 Å². The Morgan fingerprint density at radius 3 is 2.78 bits per heavy atom. The lowest BCUT2D eigenvalue weighted by Gasteiger charge is -2.40. The lowest BCUT2D eigenvalue weighted by Crippen LogP contribution is -2.40. The van der Waals surface area contributed by atoms with Crippen LogP contribution in [-0.4, -0.2) is 12.1 Å². The molecule has 1 unspecified atom stereocenters. The van der Waals surface area contributed by atoms with Crippen molar-refractivity contribution in [3.8, 4) is 5.75 Å². The van der Waals surface area contributed by atoms with Crippen molar-refractivity contribution >= 4 is 0 Å². The van der Waals surface area contributed by atoms with Crippen LogP contribution in [0.1, 0.15) is 56.1 Å². The largest absolute Gasteiger partial charge is 0.487 e. The molecule has 0 saturated heterocycles. The SMILES string of the molecule is CCc1ccc2c(c1)C(CN)CC1(CCCC1)O2. The van der Waals surface area contributed by atoms with Crippen LogP contribution in [0.15, 0.2) is 18.2 Å². The molecule has 0 bridgehead atoms. The van der Waals surface area contributed by atoms with Crippen molar-refractivity contribution < 1.29 is 4.74 Å². The third-order valence-electron chi connectivity index (χ3n) is 4.67. The van der Waals surface area contributed by atoms with Crippen molar-refractivity contribution in [2.24, 2.45) is 5.73 Å². The highest BCUT2D eigenvalue weighted by Gasteiger charge is 2.42. The van der Waals surface area contributed by atoms with Gasteiger partial charge in [0.05, 0.1) is 0 Å². The molecule has 0 radical (unpaired) electrons. The van der Waals surface area contributed by atoms with Gasteiger partial charge in [-0.25, -0.2) is 0 Å². The van der Waals surface area contributed by atoms with Crippen molar-refractivity contribution in [1.29, 1.82) is 0 Å². The molecule has 2 N–H and O–H groups in total. The smallest absolute Gasteiger partial charge is 0.123 e. The predicted molar refractivity (Wildman–Crippen MR) is 74.1 cm³/mol. The van der Waals surface area contributed by atoms with E-state index in [4.69, 9.17) is 10.5 Å². The van der Waals surface area contributed by atoms with Crippen LogP contribution in [0.4, 0.5) is 0 Å². The minimum Gasteiger partial charge on any atom is -0.487 e. The van der Waals surface area contributed by atoms with Crippen molar-refractivity contribution in [1.82, 2.24) is 0 Å². The molecule has 2 aliphatic rings. The molecular weight excluding hydrogens is 222 g/mol. The van der Waals surface area contributed by atoms with Crippen molar-refractivity contribution in [3.05, 3.63) is 29.3 Å². The summed E-state index contributed by atoms with van der Waals surface area (Å²) in [5.74, 6) is 1.58. The van der Waals surface area contributed by atoms with Crippen molar-refractivity contribution in [2.45, 2.75) is 57.0 Å². The Kier molecular flexibility index (Phi) is 3.06. The molecule has 0 amide bonds. The normalized spacial score (nSPS) is 24.9. The number of ether oxygens (including phenoxy) is 1. The average Bonchev–Trinajstić information content (AvgIpc) is 2.85. The summed E-state index contributed by atoms with van der Waals surface area (Å²) < 4.78 is 6.36. The molecule has 18 heavy (non-hydrogen) atoms. The Bertz CT molecular complexity index is 435. The van der Waals surface area contributed by atoms with Gasteiger partial charge in [0.1, 0.15) is 11.4 Å². The quantitative estimate of drug-likeness (QED) is 0.867. The number of nitrogens with two attached hydrogens (primary N) is 1. The lowest BCUT2D eigenvalue weighted by molar-refractivity contribution is 0.0428. The first-order valence-corrected chi connectivity index (χ1v) is 7.28. The van der Waals surface area contributed by atoms with Crippen LogP contribution >= 0.6 is 0 Å². The van der Waals surface area contributed by atoms with E-state index in [0.29, 0.717) is 5.92 Å². The summed E-state index contributed by atoms with van der Waals surface area (Å²) in [4.78, 5) is 0. The van der Waals surface area contributed by atoms with Gasteiger partial charge in [0.15, 0.2) is 0 Å². The summed E-state index contributed by atoms with van der Waals surface area (Å²) >= 11 is 0. The fourth-order valence-corrected chi connectivity index (χ4v) is 3.60. The van der Waals surface area contributed by atoms with E-state index in [1.165, 1.54) is 36.8 Å². The molecule has 1 aliphatic heterocycles. The highest BCUT2D eigenvalue weighted by molar-refractivity contribution is 5.42. The monoisotopic (exact) mass is 245 g/mol. The zero-order valence-electron chi connectivity index (χ0n) is 11.2. The number of hydrogen-bond donors (Lipinski definition) is 1. The van der Waals surface area contributed by atoms with Gasteiger partial charge >= 0.3 is 0 Å². The first kappa shape index (κ1) is 12.0. The second-order valence-corrected chi connectivity index (χ2v) is 5.85. The lowest BCUT2D eigenvalue weighted by atomic mass is 9.81. The number of benzene rings is 1. The summed E-state index contributed by atoms with van der Waals surface area (Å²) in [7, 11) is 0. The Morgan fingerprint density at radius 2 is 2.11 bits per heavy atom. The topological polar surface area (TPSA) is 35.2 Å². The minimum atomic E-state index is 0.102. The van der Waals surface area contributed by atoms with Crippen LogP contribution in [0.3, 0.4) is 0 Å². The molecule has 1 saturated carbocycles. The number of rotatable bonds is 2. The van der Waals surface area contributed by atoms with Crippen LogP contribution in [0.2, 0.25) is 0 Å². The first-order valence-electron chi connectivity index (χ1n) is 7.28. The van der Waals surface area contributed by atoms with Crippen LogP contribution < -0.4 is 10.5 Å². The van der Waals surface area contributed by atoms with E-state index in [1.54, 1.807) is 0 Å². The van der Waals surface area contributed by atoms with E-state index in [0.717, 1.165) is 25.1 Å². The van der Waals surface area contributed by atoms with Gasteiger partial charge in [-0.2, -0.15) is 0 Å². The van der Waals surface area contributed by atoms with E-state index in [1.807, 2.05) is 0 Å². The Morgan fingerprint density at radius 1 is 1.33 bits per heavy atom. The standard InChI is InChI=1S/C16H23NO/c1-2-12-5-6-15-14(9-12)13(11-17)10-16(18-15)7-3-4-8-16/h5-6,9,13H,2-4,7-8,10-11,17H2,1H3.